The predicted molar refractivity (Wildman–Crippen MR) is 122 cm³/mol. The number of allylic oxidation sites excluding steroid dienone is 2. The molecule has 0 amide bonds. The van der Waals surface area contributed by atoms with Crippen LogP contribution in [0.2, 0.25) is 0 Å². The highest BCUT2D eigenvalue weighted by atomic mass is 32.1. The summed E-state index contributed by atoms with van der Waals surface area (Å²) in [5.41, 5.74) is 8.98. The zero-order valence-corrected chi connectivity index (χ0v) is 18.1. The summed E-state index contributed by atoms with van der Waals surface area (Å²) in [6.07, 6.45) is 3.60. The normalized spacial score (nSPS) is 10.9. The molecule has 0 spiro atoms. The first-order valence-electron chi connectivity index (χ1n) is 8.86. The van der Waals surface area contributed by atoms with Crippen molar-refractivity contribution in [3.05, 3.63) is 51.7 Å². The number of hydrogen-bond acceptors (Lipinski definition) is 7. The fourth-order valence-corrected chi connectivity index (χ4v) is 3.44. The van der Waals surface area contributed by atoms with Gasteiger partial charge in [0.25, 0.3) is 5.56 Å². The van der Waals surface area contributed by atoms with Crippen molar-refractivity contribution in [3.8, 4) is 22.8 Å². The first-order chi connectivity index (χ1) is 13.9. The van der Waals surface area contributed by atoms with Crippen LogP contribution in [-0.2, 0) is 0 Å². The summed E-state index contributed by atoms with van der Waals surface area (Å²) in [5, 5.41) is 6.09. The number of H-pyrrole nitrogens is 1. The van der Waals surface area contributed by atoms with Crippen LogP contribution in [0.4, 0.5) is 5.69 Å². The average Bonchev–Trinajstić information content (AvgIpc) is 3.22. The Kier molecular flexibility index (Phi) is 7.44. The first-order valence-corrected chi connectivity index (χ1v) is 9.74. The van der Waals surface area contributed by atoms with Crippen LogP contribution in [-0.4, -0.2) is 31.2 Å². The number of benzene rings is 1. The highest BCUT2D eigenvalue weighted by Gasteiger charge is 2.17. The zero-order valence-electron chi connectivity index (χ0n) is 17.3. The van der Waals surface area contributed by atoms with Crippen molar-refractivity contribution in [2.24, 2.45) is 0 Å². The molecule has 29 heavy (non-hydrogen) atoms. The molecule has 3 rings (SSSR count). The summed E-state index contributed by atoms with van der Waals surface area (Å²) in [4.78, 5) is 20.0. The lowest BCUT2D eigenvalue weighted by Gasteiger charge is -2.12. The Bertz CT molecular complexity index is 1100. The molecule has 8 heteroatoms. The van der Waals surface area contributed by atoms with Gasteiger partial charge in [0.15, 0.2) is 11.5 Å². The second-order valence-electron chi connectivity index (χ2n) is 6.00. The number of methoxy groups -OCH3 is 2. The van der Waals surface area contributed by atoms with Gasteiger partial charge in [-0.05, 0) is 31.7 Å². The molecule has 0 aliphatic heterocycles. The van der Waals surface area contributed by atoms with Gasteiger partial charge in [0.05, 0.1) is 36.7 Å². The van der Waals surface area contributed by atoms with Gasteiger partial charge >= 0.3 is 0 Å². The van der Waals surface area contributed by atoms with Crippen molar-refractivity contribution < 1.29 is 9.47 Å². The third kappa shape index (κ3) is 4.60. The number of anilines is 1. The highest BCUT2D eigenvalue weighted by molar-refractivity contribution is 7.11. The molecule has 7 nitrogen and oxygen atoms in total. The van der Waals surface area contributed by atoms with Crippen molar-refractivity contribution >= 4 is 33.5 Å². The number of thiazole rings is 1. The van der Waals surface area contributed by atoms with Crippen molar-refractivity contribution in [1.29, 1.82) is 0 Å². The first kappa shape index (κ1) is 22.0. The Hall–Kier alpha value is -3.26. The zero-order chi connectivity index (χ0) is 21.6. The minimum absolute atomic E-state index is 0.285. The fraction of sp³-hybridized carbons (Fsp3) is 0.238. The summed E-state index contributed by atoms with van der Waals surface area (Å²) < 4.78 is 10.6. The molecule has 0 unspecified atom stereocenters. The van der Waals surface area contributed by atoms with Crippen molar-refractivity contribution in [2.45, 2.75) is 13.8 Å². The van der Waals surface area contributed by atoms with E-state index in [4.69, 9.17) is 15.2 Å². The van der Waals surface area contributed by atoms with Crippen molar-refractivity contribution in [1.82, 2.24) is 15.3 Å². The third-order valence-corrected chi connectivity index (χ3v) is 5.27. The Morgan fingerprint density at radius 2 is 1.93 bits per heavy atom. The maximum Gasteiger partial charge on any atom is 0.260 e. The van der Waals surface area contributed by atoms with Gasteiger partial charge in [-0.1, -0.05) is 12.7 Å². The number of aromatic amines is 1. The largest absolute Gasteiger partial charge is 0.493 e. The molecule has 0 saturated carbocycles. The van der Waals surface area contributed by atoms with Crippen LogP contribution in [0.1, 0.15) is 18.9 Å². The summed E-state index contributed by atoms with van der Waals surface area (Å²) in [6, 6.07) is 3.46. The Balaban J connectivity index is 0.000000687. The van der Waals surface area contributed by atoms with Crippen LogP contribution >= 0.6 is 11.3 Å². The lowest BCUT2D eigenvalue weighted by atomic mass is 10.1. The lowest BCUT2D eigenvalue weighted by Crippen LogP contribution is -2.13. The van der Waals surface area contributed by atoms with Gasteiger partial charge in [-0.2, -0.15) is 0 Å². The molecule has 0 saturated heterocycles. The standard InChI is InChI=1S/C18H19N3O3S.C3H7N/c1-5-9(2)18-21-12(8-25-18)15-16(19)10-6-13(23-3)14(24-4)7-11(10)20-17(15)22;1-3-4-2/h5-8H,1-4H3,(H3,19,20,22);3-4H,1H2,2H3/b9-5+;. The number of rotatable bonds is 5. The lowest BCUT2D eigenvalue weighted by molar-refractivity contribution is 0.356. The van der Waals surface area contributed by atoms with Crippen LogP contribution < -0.4 is 26.1 Å². The Morgan fingerprint density at radius 1 is 1.31 bits per heavy atom. The molecule has 2 heterocycles. The number of fused-ring (bicyclic) bond motifs is 1. The Morgan fingerprint density at radius 3 is 2.48 bits per heavy atom. The average molecular weight is 415 g/mol. The molecule has 3 aromatic rings. The third-order valence-electron chi connectivity index (χ3n) is 4.29. The van der Waals surface area contributed by atoms with E-state index in [1.807, 2.05) is 32.4 Å². The van der Waals surface area contributed by atoms with Gasteiger partial charge in [0, 0.05) is 23.9 Å². The summed E-state index contributed by atoms with van der Waals surface area (Å²) in [7, 11) is 4.91. The van der Waals surface area contributed by atoms with Crippen LogP contribution in [0.25, 0.3) is 27.7 Å². The van der Waals surface area contributed by atoms with Crippen LogP contribution in [0, 0.1) is 0 Å². The van der Waals surface area contributed by atoms with E-state index in [9.17, 15) is 4.79 Å². The molecular formula is C21H26N4O3S. The molecule has 0 atom stereocenters. The van der Waals surface area contributed by atoms with Gasteiger partial charge in [-0.15, -0.1) is 11.3 Å². The topological polar surface area (TPSA) is 102 Å². The van der Waals surface area contributed by atoms with Gasteiger partial charge in [0.2, 0.25) is 0 Å². The summed E-state index contributed by atoms with van der Waals surface area (Å²) in [5.74, 6) is 1.07. The number of nitrogens with two attached hydrogens (primary N) is 1. The number of ether oxygens (including phenoxy) is 2. The van der Waals surface area contributed by atoms with E-state index in [2.05, 4.69) is 21.9 Å². The summed E-state index contributed by atoms with van der Waals surface area (Å²) >= 11 is 1.48. The number of nitrogens with one attached hydrogen (secondary N) is 2. The quantitative estimate of drug-likeness (QED) is 0.583. The number of nitrogen functional groups attached to an aromatic ring is 1. The van der Waals surface area contributed by atoms with E-state index in [-0.39, 0.29) is 5.56 Å². The maximum absolute atomic E-state index is 12.6. The van der Waals surface area contributed by atoms with Gasteiger partial charge < -0.3 is 25.5 Å². The molecule has 2 aromatic heterocycles. The SMILES string of the molecule is C/C=C(\C)c1nc(-c2c(N)c3cc(OC)c(OC)cc3[nH]c2=O)cs1.C=CNC. The van der Waals surface area contributed by atoms with Crippen molar-refractivity contribution in [3.63, 3.8) is 0 Å². The number of pyridine rings is 1. The molecule has 0 radical (unpaired) electrons. The van der Waals surface area contributed by atoms with Crippen LogP contribution in [0.3, 0.4) is 0 Å². The number of hydrogen-bond donors (Lipinski definition) is 3. The molecule has 0 aliphatic rings. The monoisotopic (exact) mass is 414 g/mol. The van der Waals surface area contributed by atoms with E-state index in [0.29, 0.717) is 39.3 Å². The highest BCUT2D eigenvalue weighted by Crippen LogP contribution is 2.36. The van der Waals surface area contributed by atoms with Gasteiger partial charge in [-0.25, -0.2) is 4.98 Å². The fourth-order valence-electron chi connectivity index (χ4n) is 2.59. The molecule has 1 aromatic carbocycles. The second-order valence-corrected chi connectivity index (χ2v) is 6.86. The molecule has 0 fully saturated rings. The smallest absolute Gasteiger partial charge is 0.260 e. The predicted octanol–water partition coefficient (Wildman–Crippen LogP) is 4.02. The van der Waals surface area contributed by atoms with Crippen LogP contribution in [0.5, 0.6) is 11.5 Å². The van der Waals surface area contributed by atoms with E-state index >= 15 is 0 Å². The maximum atomic E-state index is 12.6. The molecule has 0 bridgehead atoms. The number of nitrogens with zero attached hydrogens (tertiary/aromatic N) is 1. The molecule has 4 N–H and O–H groups in total. The van der Waals surface area contributed by atoms with Crippen LogP contribution in [0.15, 0.2) is 41.2 Å². The van der Waals surface area contributed by atoms with Crippen molar-refractivity contribution in [2.75, 3.05) is 27.0 Å². The van der Waals surface area contributed by atoms with E-state index in [1.165, 1.54) is 11.3 Å². The molecule has 0 aliphatic carbocycles. The second kappa shape index (κ2) is 9.79. The molecule has 154 valence electrons. The van der Waals surface area contributed by atoms with E-state index in [1.54, 1.807) is 32.6 Å². The summed E-state index contributed by atoms with van der Waals surface area (Å²) in [6.45, 7) is 7.30. The van der Waals surface area contributed by atoms with Gasteiger partial charge in [0.1, 0.15) is 5.01 Å². The Labute approximate surface area is 173 Å². The number of aromatic nitrogens is 2. The minimum Gasteiger partial charge on any atom is -0.493 e. The molecular weight excluding hydrogens is 388 g/mol. The van der Waals surface area contributed by atoms with Gasteiger partial charge in [-0.3, -0.25) is 4.79 Å². The van der Waals surface area contributed by atoms with E-state index < -0.39 is 0 Å². The van der Waals surface area contributed by atoms with E-state index in [0.717, 1.165) is 10.6 Å². The minimum atomic E-state index is -0.285.